The normalized spacial score (nSPS) is 37.2. The Labute approximate surface area is 281 Å². The molecule has 0 heterocycles. The molecule has 1 unspecified atom stereocenters. The van der Waals surface area contributed by atoms with Crippen molar-refractivity contribution in [2.75, 3.05) is 13.2 Å². The van der Waals surface area contributed by atoms with E-state index in [9.17, 15) is 34.8 Å². The van der Waals surface area contributed by atoms with Crippen LogP contribution in [0.3, 0.4) is 0 Å². The summed E-state index contributed by atoms with van der Waals surface area (Å²) in [6.45, 7) is 7.68. The zero-order valence-electron chi connectivity index (χ0n) is 29.4. The average molecular weight is 661 g/mol. The van der Waals surface area contributed by atoms with Gasteiger partial charge in [0.1, 0.15) is 11.7 Å². The molecule has 4 N–H and O–H groups in total. The number of Topliss-reactive ketones (excluding diaryl/α,β-unsaturated/α-hetero) is 1. The Kier molecular flexibility index (Phi) is 12.2. The van der Waals surface area contributed by atoms with Gasteiger partial charge in [0.2, 0.25) is 0 Å². The predicted molar refractivity (Wildman–Crippen MR) is 178 cm³/mol. The van der Waals surface area contributed by atoms with Gasteiger partial charge in [-0.15, -0.1) is 0 Å². The molecule has 9 heteroatoms. The van der Waals surface area contributed by atoms with E-state index in [1.165, 1.54) is 64.7 Å². The largest absolute Gasteiger partial charge is 0.458 e. The van der Waals surface area contributed by atoms with Crippen LogP contribution in [0, 0.1) is 29.1 Å². The second-order valence-corrected chi connectivity index (χ2v) is 15.3. The molecular weight excluding hydrogens is 600 g/mol. The first-order valence-electron chi connectivity index (χ1n) is 18.3. The number of aliphatic hydroxyl groups is 4. The molecule has 0 bridgehead atoms. The predicted octanol–water partition coefficient (Wildman–Crippen LogP) is 5.51. The van der Waals surface area contributed by atoms with E-state index < -0.39 is 82.9 Å². The Bertz CT molecular complexity index is 1210. The molecule has 0 amide bonds. The highest BCUT2D eigenvalue weighted by Gasteiger charge is 2.89. The van der Waals surface area contributed by atoms with Gasteiger partial charge in [-0.2, -0.15) is 0 Å². The van der Waals surface area contributed by atoms with Crippen molar-refractivity contribution in [3.05, 3.63) is 23.3 Å². The summed E-state index contributed by atoms with van der Waals surface area (Å²) < 4.78 is 12.2. The zero-order valence-corrected chi connectivity index (χ0v) is 29.4. The maximum Gasteiger partial charge on any atom is 0.306 e. The average Bonchev–Trinajstić information content (AvgIpc) is 3.51. The van der Waals surface area contributed by atoms with Crippen LogP contribution in [0.4, 0.5) is 0 Å². The van der Waals surface area contributed by atoms with Crippen molar-refractivity contribution >= 4 is 17.7 Å². The first-order chi connectivity index (χ1) is 22.3. The number of ether oxygens (including phenoxy) is 2. The summed E-state index contributed by atoms with van der Waals surface area (Å²) in [6.07, 6.45) is 17.5. The van der Waals surface area contributed by atoms with Crippen molar-refractivity contribution in [1.29, 1.82) is 0 Å². The van der Waals surface area contributed by atoms with Gasteiger partial charge in [-0.25, -0.2) is 0 Å². The third kappa shape index (κ3) is 6.75. The van der Waals surface area contributed by atoms with Crippen LogP contribution in [-0.2, 0) is 23.9 Å². The molecule has 2 saturated carbocycles. The molecule has 4 aliphatic rings. The summed E-state index contributed by atoms with van der Waals surface area (Å²) in [7, 11) is 0. The molecule has 0 aliphatic heterocycles. The number of carbonyl (C=O) groups is 3. The van der Waals surface area contributed by atoms with Gasteiger partial charge in [-0.1, -0.05) is 110 Å². The highest BCUT2D eigenvalue weighted by molar-refractivity contribution is 6.04. The Hall–Kier alpha value is -2.07. The maximum atomic E-state index is 13.4. The van der Waals surface area contributed by atoms with E-state index in [2.05, 4.69) is 6.92 Å². The van der Waals surface area contributed by atoms with E-state index in [-0.39, 0.29) is 12.8 Å². The lowest BCUT2D eigenvalue weighted by molar-refractivity contribution is -0.228. The van der Waals surface area contributed by atoms with Crippen molar-refractivity contribution in [2.24, 2.45) is 29.1 Å². The van der Waals surface area contributed by atoms with Crippen molar-refractivity contribution in [2.45, 2.75) is 154 Å². The SMILES string of the molecule is CCCCCCCCCCCCCCCC(=O)O[C@@H]1[C@@H](C)[C@@]2(O)[C@@H](C=C(CO)C[C@]3(O)C(=O)C(C)=C[C@@H]23)[C@@H]2C(C)(CO)[C@]12OC(C)=O. The monoisotopic (exact) mass is 660 g/mol. The fraction of sp³-hybridized carbons (Fsp3) is 0.816. The van der Waals surface area contributed by atoms with Crippen LogP contribution >= 0.6 is 0 Å². The molecule has 0 saturated heterocycles. The summed E-state index contributed by atoms with van der Waals surface area (Å²) >= 11 is 0. The zero-order chi connectivity index (χ0) is 34.6. The van der Waals surface area contributed by atoms with Crippen molar-refractivity contribution in [3.63, 3.8) is 0 Å². The molecule has 0 radical (unpaired) electrons. The second-order valence-electron chi connectivity index (χ2n) is 15.3. The van der Waals surface area contributed by atoms with Crippen LogP contribution in [0.15, 0.2) is 23.3 Å². The minimum atomic E-state index is -1.99. The molecule has 0 aromatic carbocycles. The van der Waals surface area contributed by atoms with Crippen molar-refractivity contribution in [1.82, 2.24) is 0 Å². The van der Waals surface area contributed by atoms with E-state index in [1.54, 1.807) is 32.9 Å². The van der Waals surface area contributed by atoms with Gasteiger partial charge in [0, 0.05) is 48.9 Å². The molecule has 0 aromatic rings. The molecule has 9 nitrogen and oxygen atoms in total. The van der Waals surface area contributed by atoms with Gasteiger partial charge < -0.3 is 29.9 Å². The third-order valence-corrected chi connectivity index (χ3v) is 12.1. The van der Waals surface area contributed by atoms with Crippen LogP contribution in [0.25, 0.3) is 0 Å². The lowest BCUT2D eigenvalue weighted by atomic mass is 9.59. The molecule has 0 spiro atoms. The lowest BCUT2D eigenvalue weighted by Crippen LogP contribution is -2.66. The number of rotatable bonds is 18. The van der Waals surface area contributed by atoms with Gasteiger partial charge in [-0.3, -0.25) is 14.4 Å². The first-order valence-corrected chi connectivity index (χ1v) is 18.3. The van der Waals surface area contributed by atoms with E-state index >= 15 is 0 Å². The fourth-order valence-corrected chi connectivity index (χ4v) is 9.57. The standard InChI is InChI=1S/C38H60O9/c1-6-7-8-9-10-11-12-13-14-15-16-17-18-19-31(42)46-34-26(3)37(45)29(32-35(5,24-40)38(32,34)47-27(4)41)21-28(23-39)22-36(44)30(37)20-25(2)33(36)43/h20-21,26,29-30,32,34,39-40,44-45H,6-19,22-24H2,1-5H3/t26-,29+,30-,32-,34-,35?,36-,37-,38-/m1/s1. The smallest absolute Gasteiger partial charge is 0.306 e. The molecule has 2 fully saturated rings. The topological polar surface area (TPSA) is 151 Å². The number of hydrogen-bond acceptors (Lipinski definition) is 9. The van der Waals surface area contributed by atoms with Crippen LogP contribution < -0.4 is 0 Å². The highest BCUT2D eigenvalue weighted by Crippen LogP contribution is 2.77. The first kappa shape index (κ1) is 37.7. The van der Waals surface area contributed by atoms with Crippen LogP contribution in [0.1, 0.15) is 131 Å². The number of unbranched alkanes of at least 4 members (excludes halogenated alkanes) is 12. The number of esters is 2. The Morgan fingerprint density at radius 2 is 1.47 bits per heavy atom. The Balaban J connectivity index is 1.46. The highest BCUT2D eigenvalue weighted by atomic mass is 16.6. The molecule has 4 rings (SSSR count). The second kappa shape index (κ2) is 15.2. The summed E-state index contributed by atoms with van der Waals surface area (Å²) in [5, 5.41) is 45.6. The van der Waals surface area contributed by atoms with E-state index in [4.69, 9.17) is 9.47 Å². The summed E-state index contributed by atoms with van der Waals surface area (Å²) in [4.78, 5) is 39.3. The van der Waals surface area contributed by atoms with E-state index in [1.807, 2.05) is 0 Å². The molecular formula is C38H60O9. The molecule has 4 aliphatic carbocycles. The lowest BCUT2D eigenvalue weighted by Gasteiger charge is -2.53. The quantitative estimate of drug-likeness (QED) is 0.0848. The van der Waals surface area contributed by atoms with Gasteiger partial charge in [-0.05, 0) is 24.5 Å². The van der Waals surface area contributed by atoms with Gasteiger partial charge in [0.25, 0.3) is 0 Å². The third-order valence-electron chi connectivity index (χ3n) is 12.1. The molecule has 47 heavy (non-hydrogen) atoms. The van der Waals surface area contributed by atoms with E-state index in [0.29, 0.717) is 17.6 Å². The summed E-state index contributed by atoms with van der Waals surface area (Å²) in [5.41, 5.74) is -5.65. The maximum absolute atomic E-state index is 13.4. The molecule has 9 atom stereocenters. The van der Waals surface area contributed by atoms with Gasteiger partial charge >= 0.3 is 11.9 Å². The molecule has 266 valence electrons. The number of ketones is 1. The summed E-state index contributed by atoms with van der Waals surface area (Å²) in [6, 6.07) is 0. The Morgan fingerprint density at radius 3 is 1.98 bits per heavy atom. The fourth-order valence-electron chi connectivity index (χ4n) is 9.57. The molecule has 0 aromatic heterocycles. The minimum absolute atomic E-state index is 0.166. The Morgan fingerprint density at radius 1 is 0.915 bits per heavy atom. The number of fused-ring (bicyclic) bond motifs is 5. The summed E-state index contributed by atoms with van der Waals surface area (Å²) in [5.74, 6) is -5.10. The minimum Gasteiger partial charge on any atom is -0.458 e. The number of aliphatic hydroxyl groups excluding tert-OH is 2. The number of hydrogen-bond donors (Lipinski definition) is 4. The van der Waals surface area contributed by atoms with Crippen molar-refractivity contribution < 1.29 is 44.3 Å². The van der Waals surface area contributed by atoms with Crippen molar-refractivity contribution in [3.8, 4) is 0 Å². The van der Waals surface area contributed by atoms with E-state index in [0.717, 1.165) is 19.3 Å². The van der Waals surface area contributed by atoms with Crippen LogP contribution in [-0.4, -0.2) is 74.3 Å². The van der Waals surface area contributed by atoms with Crippen LogP contribution in [0.5, 0.6) is 0 Å². The van der Waals surface area contributed by atoms with Crippen LogP contribution in [0.2, 0.25) is 0 Å². The van der Waals surface area contributed by atoms with Gasteiger partial charge in [0.15, 0.2) is 11.4 Å². The van der Waals surface area contributed by atoms with Gasteiger partial charge in [0.05, 0.1) is 18.8 Å². The number of carbonyl (C=O) groups excluding carboxylic acids is 3.